The van der Waals surface area contributed by atoms with E-state index in [4.69, 9.17) is 0 Å². The molecule has 0 saturated carbocycles. The fraction of sp³-hybridized carbons (Fsp3) is 0.435. The number of piperidine rings is 1. The zero-order valence-electron chi connectivity index (χ0n) is 16.4. The van der Waals surface area contributed by atoms with E-state index in [0.29, 0.717) is 17.5 Å². The van der Waals surface area contributed by atoms with Gasteiger partial charge in [0, 0.05) is 39.0 Å². The smallest absolute Gasteiger partial charge is 0.225 e. The summed E-state index contributed by atoms with van der Waals surface area (Å²) in [5, 5.41) is 0. The van der Waals surface area contributed by atoms with Crippen LogP contribution in [-0.2, 0) is 11.2 Å². The van der Waals surface area contributed by atoms with Gasteiger partial charge in [-0.1, -0.05) is 30.3 Å². The molecule has 5 heteroatoms. The first-order chi connectivity index (χ1) is 13.6. The Morgan fingerprint density at radius 1 is 1.04 bits per heavy atom. The molecule has 0 radical (unpaired) electrons. The molecular weight excluding hydrogens is 350 g/mol. The first kappa shape index (κ1) is 18.7. The van der Waals surface area contributed by atoms with Gasteiger partial charge in [0.05, 0.1) is 11.9 Å². The van der Waals surface area contributed by atoms with Crippen molar-refractivity contribution < 1.29 is 9.59 Å². The Hall–Kier alpha value is -2.69. The maximum absolute atomic E-state index is 12.8. The van der Waals surface area contributed by atoms with Crippen molar-refractivity contribution in [2.24, 2.45) is 11.8 Å². The zero-order valence-corrected chi connectivity index (χ0v) is 16.4. The number of carbonyl (C=O) groups is 2. The van der Waals surface area contributed by atoms with Crippen molar-refractivity contribution in [3.05, 3.63) is 59.9 Å². The molecule has 2 aliphatic rings. The van der Waals surface area contributed by atoms with Crippen molar-refractivity contribution in [3.8, 4) is 0 Å². The molecule has 2 saturated heterocycles. The number of hydrogen-bond acceptors (Lipinski definition) is 4. The van der Waals surface area contributed by atoms with E-state index < -0.39 is 0 Å². The maximum Gasteiger partial charge on any atom is 0.225 e. The fourth-order valence-electron chi connectivity index (χ4n) is 4.25. The van der Waals surface area contributed by atoms with Crippen LogP contribution in [0.5, 0.6) is 0 Å². The van der Waals surface area contributed by atoms with Crippen LogP contribution in [0.15, 0.2) is 48.7 Å². The van der Waals surface area contributed by atoms with Crippen LogP contribution < -0.4 is 4.90 Å². The molecule has 0 N–H and O–H groups in total. The Bertz CT molecular complexity index is 821. The van der Waals surface area contributed by atoms with E-state index in [0.717, 1.165) is 51.1 Å². The van der Waals surface area contributed by atoms with Gasteiger partial charge < -0.3 is 9.80 Å². The highest BCUT2D eigenvalue weighted by atomic mass is 16.2. The number of hydrogen-bond donors (Lipinski definition) is 0. The number of nitrogens with zero attached hydrogens (tertiary/aromatic N) is 3. The largest absolute Gasteiger partial charge is 0.370 e. The van der Waals surface area contributed by atoms with Crippen molar-refractivity contribution in [2.45, 2.75) is 26.2 Å². The van der Waals surface area contributed by atoms with Gasteiger partial charge in [-0.25, -0.2) is 0 Å². The Balaban J connectivity index is 1.24. The highest BCUT2D eigenvalue weighted by Gasteiger charge is 2.35. The molecule has 0 atom stereocenters. The molecular formula is C23H27N3O2. The van der Waals surface area contributed by atoms with E-state index in [2.05, 4.69) is 34.1 Å². The first-order valence-corrected chi connectivity index (χ1v) is 10.1. The van der Waals surface area contributed by atoms with Gasteiger partial charge in [-0.05, 0) is 42.9 Å². The predicted octanol–water partition coefficient (Wildman–Crippen LogP) is 3.20. The number of ketones is 1. The number of amides is 1. The molecule has 5 nitrogen and oxygen atoms in total. The van der Waals surface area contributed by atoms with E-state index in [1.54, 1.807) is 12.3 Å². The first-order valence-electron chi connectivity index (χ1n) is 10.1. The summed E-state index contributed by atoms with van der Waals surface area (Å²) in [6.07, 6.45) is 4.59. The van der Waals surface area contributed by atoms with Crippen molar-refractivity contribution in [2.75, 3.05) is 31.1 Å². The summed E-state index contributed by atoms with van der Waals surface area (Å²) < 4.78 is 0. The van der Waals surface area contributed by atoms with E-state index in [1.165, 1.54) is 12.5 Å². The van der Waals surface area contributed by atoms with Gasteiger partial charge in [0.15, 0.2) is 5.78 Å². The molecule has 1 aromatic carbocycles. The predicted molar refractivity (Wildman–Crippen MR) is 109 cm³/mol. The summed E-state index contributed by atoms with van der Waals surface area (Å²) in [7, 11) is 0. The van der Waals surface area contributed by atoms with Crippen LogP contribution in [0.3, 0.4) is 0 Å². The molecule has 2 aliphatic heterocycles. The Labute approximate surface area is 166 Å². The van der Waals surface area contributed by atoms with Crippen molar-refractivity contribution in [1.29, 1.82) is 0 Å². The lowest BCUT2D eigenvalue weighted by atomic mass is 9.88. The number of aromatic nitrogens is 1. The number of pyridine rings is 1. The van der Waals surface area contributed by atoms with E-state index in [1.807, 2.05) is 17.0 Å². The van der Waals surface area contributed by atoms with Gasteiger partial charge in [0.25, 0.3) is 0 Å². The van der Waals surface area contributed by atoms with Crippen LogP contribution in [0.1, 0.15) is 35.8 Å². The van der Waals surface area contributed by atoms with Crippen LogP contribution in [0.25, 0.3) is 0 Å². The Kier molecular flexibility index (Phi) is 5.42. The molecule has 3 heterocycles. The number of carbonyl (C=O) groups excluding carboxylic acids is 2. The van der Waals surface area contributed by atoms with Gasteiger partial charge in [-0.15, -0.1) is 0 Å². The summed E-state index contributed by atoms with van der Waals surface area (Å²) in [5.74, 6) is 1.04. The van der Waals surface area contributed by atoms with Crippen LogP contribution in [0.2, 0.25) is 0 Å². The van der Waals surface area contributed by atoms with E-state index >= 15 is 0 Å². The molecule has 0 spiro atoms. The maximum atomic E-state index is 12.8. The van der Waals surface area contributed by atoms with Crippen LogP contribution in [-0.4, -0.2) is 47.8 Å². The number of likely N-dealkylation sites (tertiary alicyclic amines) is 1. The Morgan fingerprint density at radius 2 is 1.75 bits per heavy atom. The molecule has 4 rings (SSSR count). The lowest BCUT2D eigenvalue weighted by molar-refractivity contribution is -0.142. The van der Waals surface area contributed by atoms with Gasteiger partial charge >= 0.3 is 0 Å². The quantitative estimate of drug-likeness (QED) is 0.751. The summed E-state index contributed by atoms with van der Waals surface area (Å²) in [5.41, 5.74) is 2.89. The topological polar surface area (TPSA) is 53.5 Å². The average Bonchev–Trinajstić information content (AvgIpc) is 2.71. The summed E-state index contributed by atoms with van der Waals surface area (Å²) in [6.45, 7) is 5.03. The fourth-order valence-corrected chi connectivity index (χ4v) is 4.25. The molecule has 1 amide bonds. The molecule has 146 valence electrons. The number of benzene rings is 1. The second-order valence-corrected chi connectivity index (χ2v) is 8.02. The minimum Gasteiger partial charge on any atom is -0.370 e. The number of anilines is 1. The lowest BCUT2D eigenvalue weighted by Crippen LogP contribution is -2.54. The molecule has 0 bridgehead atoms. The monoisotopic (exact) mass is 377 g/mol. The van der Waals surface area contributed by atoms with E-state index in [-0.39, 0.29) is 11.7 Å². The third kappa shape index (κ3) is 4.08. The second kappa shape index (κ2) is 8.13. The standard InChI is InChI=1S/C23H27N3O2/c1-17(27)22-8-7-21(14-24-22)25-11-9-20(10-12-25)23(28)26-15-19(16-26)13-18-5-3-2-4-6-18/h2-8,14,19-20H,9-13,15-16H2,1H3. The normalized spacial score (nSPS) is 18.0. The molecule has 1 aromatic heterocycles. The van der Waals surface area contributed by atoms with Gasteiger partial charge in [-0.3, -0.25) is 14.6 Å². The van der Waals surface area contributed by atoms with Gasteiger partial charge in [0.1, 0.15) is 5.69 Å². The zero-order chi connectivity index (χ0) is 19.5. The van der Waals surface area contributed by atoms with Crippen molar-refractivity contribution in [1.82, 2.24) is 9.88 Å². The minimum absolute atomic E-state index is 0.0176. The number of rotatable bonds is 5. The van der Waals surface area contributed by atoms with Crippen molar-refractivity contribution in [3.63, 3.8) is 0 Å². The Morgan fingerprint density at radius 3 is 2.36 bits per heavy atom. The highest BCUT2D eigenvalue weighted by Crippen LogP contribution is 2.28. The molecule has 0 aliphatic carbocycles. The number of Topliss-reactive ketones (excluding diaryl/α,β-unsaturated/α-hetero) is 1. The van der Waals surface area contributed by atoms with Crippen LogP contribution >= 0.6 is 0 Å². The molecule has 0 unspecified atom stereocenters. The second-order valence-electron chi connectivity index (χ2n) is 8.02. The summed E-state index contributed by atoms with van der Waals surface area (Å²) in [4.78, 5) is 32.7. The molecule has 2 aromatic rings. The summed E-state index contributed by atoms with van der Waals surface area (Å²) in [6, 6.07) is 14.3. The average molecular weight is 377 g/mol. The minimum atomic E-state index is -0.0176. The molecule has 2 fully saturated rings. The van der Waals surface area contributed by atoms with Crippen LogP contribution in [0, 0.1) is 11.8 Å². The van der Waals surface area contributed by atoms with E-state index in [9.17, 15) is 9.59 Å². The SMILES string of the molecule is CC(=O)c1ccc(N2CCC(C(=O)N3CC(Cc4ccccc4)C3)CC2)cn1. The van der Waals surface area contributed by atoms with Crippen LogP contribution in [0.4, 0.5) is 5.69 Å². The summed E-state index contributed by atoms with van der Waals surface area (Å²) >= 11 is 0. The lowest BCUT2D eigenvalue weighted by Gasteiger charge is -2.43. The van der Waals surface area contributed by atoms with Gasteiger partial charge in [-0.2, -0.15) is 0 Å². The third-order valence-electron chi connectivity index (χ3n) is 5.95. The third-order valence-corrected chi connectivity index (χ3v) is 5.95. The highest BCUT2D eigenvalue weighted by molar-refractivity contribution is 5.92. The molecule has 28 heavy (non-hydrogen) atoms. The van der Waals surface area contributed by atoms with Crippen molar-refractivity contribution >= 4 is 17.4 Å². The van der Waals surface area contributed by atoms with Gasteiger partial charge in [0.2, 0.25) is 5.91 Å².